The number of carbonyl (C=O) groups excluding carboxylic acids is 1. The predicted molar refractivity (Wildman–Crippen MR) is 122 cm³/mol. The van der Waals surface area contributed by atoms with Crippen LogP contribution in [0, 0.1) is 0 Å². The third-order valence-electron chi connectivity index (χ3n) is 5.28. The number of alkyl halides is 3. The molecule has 3 aromatic heterocycles. The van der Waals surface area contributed by atoms with E-state index in [1.54, 1.807) is 24.5 Å². The Balaban J connectivity index is 1.40. The van der Waals surface area contributed by atoms with Crippen LogP contribution in [0.1, 0.15) is 31.2 Å². The lowest BCUT2D eigenvalue weighted by Gasteiger charge is -2.26. The standard InChI is InChI=1S/C22H20ClF3N6OS/c1-13-2-3-19(32(13)34-17-7-16(23)11-27-12-17)20(33)29-8-14-4-5-28-18(6-14)15-9-30-21(31-10-15)22(24,25)26/h4-7,9-13,19H,2-3,8H2,1H3,(H,29,33)/t13-,19-/m0/s1. The van der Waals surface area contributed by atoms with Crippen LogP contribution in [0.2, 0.25) is 5.02 Å². The Bertz CT molecular complexity index is 1160. The maximum atomic E-state index is 13.0. The fraction of sp³-hybridized carbons (Fsp3) is 0.318. The Morgan fingerprint density at radius 1 is 1.18 bits per heavy atom. The van der Waals surface area contributed by atoms with Gasteiger partial charge in [-0.1, -0.05) is 11.6 Å². The van der Waals surface area contributed by atoms with Gasteiger partial charge in [-0.15, -0.1) is 0 Å². The van der Waals surface area contributed by atoms with Crippen LogP contribution in [0.3, 0.4) is 0 Å². The molecule has 178 valence electrons. The van der Waals surface area contributed by atoms with Crippen LogP contribution in [0.4, 0.5) is 13.2 Å². The second-order valence-electron chi connectivity index (χ2n) is 7.79. The van der Waals surface area contributed by atoms with Crippen molar-refractivity contribution in [2.24, 2.45) is 0 Å². The van der Waals surface area contributed by atoms with Crippen molar-refractivity contribution in [1.82, 2.24) is 29.6 Å². The summed E-state index contributed by atoms with van der Waals surface area (Å²) in [7, 11) is 0. The van der Waals surface area contributed by atoms with Crippen molar-refractivity contribution < 1.29 is 18.0 Å². The van der Waals surface area contributed by atoms with Crippen molar-refractivity contribution in [2.75, 3.05) is 0 Å². The molecule has 34 heavy (non-hydrogen) atoms. The summed E-state index contributed by atoms with van der Waals surface area (Å²) in [6.45, 7) is 2.32. The molecule has 0 bridgehead atoms. The number of rotatable bonds is 6. The van der Waals surface area contributed by atoms with Crippen molar-refractivity contribution in [2.45, 2.75) is 49.5 Å². The number of hydrogen-bond donors (Lipinski definition) is 1. The van der Waals surface area contributed by atoms with E-state index in [4.69, 9.17) is 11.6 Å². The lowest BCUT2D eigenvalue weighted by atomic mass is 10.1. The third kappa shape index (κ3) is 5.83. The highest BCUT2D eigenvalue weighted by Crippen LogP contribution is 2.36. The number of pyridine rings is 2. The maximum absolute atomic E-state index is 13.0. The Kier molecular flexibility index (Phi) is 7.34. The lowest BCUT2D eigenvalue weighted by Crippen LogP contribution is -2.41. The lowest BCUT2D eigenvalue weighted by molar-refractivity contribution is -0.145. The largest absolute Gasteiger partial charge is 0.451 e. The predicted octanol–water partition coefficient (Wildman–Crippen LogP) is 4.78. The summed E-state index contributed by atoms with van der Waals surface area (Å²) in [5.41, 5.74) is 1.52. The zero-order valence-electron chi connectivity index (χ0n) is 18.0. The molecular weight excluding hydrogens is 489 g/mol. The molecule has 1 aliphatic heterocycles. The van der Waals surface area contributed by atoms with Crippen molar-refractivity contribution in [3.8, 4) is 11.3 Å². The van der Waals surface area contributed by atoms with E-state index in [2.05, 4.69) is 36.5 Å². The van der Waals surface area contributed by atoms with Crippen molar-refractivity contribution in [1.29, 1.82) is 0 Å². The molecule has 3 aromatic rings. The summed E-state index contributed by atoms with van der Waals surface area (Å²) < 4.78 is 40.1. The van der Waals surface area contributed by atoms with Crippen LogP contribution in [0.25, 0.3) is 11.3 Å². The second kappa shape index (κ2) is 10.2. The molecule has 4 heterocycles. The molecule has 1 saturated heterocycles. The van der Waals surface area contributed by atoms with Crippen LogP contribution >= 0.6 is 23.5 Å². The van der Waals surface area contributed by atoms with Gasteiger partial charge in [0.15, 0.2) is 0 Å². The number of carbonyl (C=O) groups is 1. The highest BCUT2D eigenvalue weighted by Gasteiger charge is 2.36. The minimum atomic E-state index is -4.61. The van der Waals surface area contributed by atoms with Crippen LogP contribution < -0.4 is 5.32 Å². The van der Waals surface area contributed by atoms with E-state index >= 15 is 0 Å². The summed E-state index contributed by atoms with van der Waals surface area (Å²) in [6.07, 6.45) is 3.96. The number of hydrogen-bond acceptors (Lipinski definition) is 7. The number of amides is 1. The van der Waals surface area contributed by atoms with Gasteiger partial charge in [-0.05, 0) is 55.5 Å². The summed E-state index contributed by atoms with van der Waals surface area (Å²) in [5, 5.41) is 3.49. The molecule has 4 rings (SSSR count). The van der Waals surface area contributed by atoms with E-state index in [1.165, 1.54) is 18.1 Å². The normalized spacial score (nSPS) is 18.7. The van der Waals surface area contributed by atoms with Gasteiger partial charge in [-0.25, -0.2) is 14.3 Å². The van der Waals surface area contributed by atoms with Crippen molar-refractivity contribution >= 4 is 29.5 Å². The number of nitrogens with zero attached hydrogens (tertiary/aromatic N) is 5. The van der Waals surface area contributed by atoms with Gasteiger partial charge in [-0.3, -0.25) is 14.8 Å². The molecule has 2 atom stereocenters. The number of nitrogens with one attached hydrogen (secondary N) is 1. The third-order valence-corrected chi connectivity index (χ3v) is 6.75. The van der Waals surface area contributed by atoms with Gasteiger partial charge in [0.25, 0.3) is 0 Å². The molecule has 0 aromatic carbocycles. The topological polar surface area (TPSA) is 83.9 Å². The molecule has 0 aliphatic carbocycles. The van der Waals surface area contributed by atoms with Crippen molar-refractivity contribution in [3.05, 3.63) is 65.6 Å². The molecule has 0 unspecified atom stereocenters. The first-order valence-corrected chi connectivity index (χ1v) is 11.5. The fourth-order valence-electron chi connectivity index (χ4n) is 3.58. The molecular formula is C22H20ClF3N6OS. The van der Waals surface area contributed by atoms with Crippen LogP contribution in [-0.2, 0) is 17.5 Å². The Morgan fingerprint density at radius 3 is 2.65 bits per heavy atom. The first-order valence-electron chi connectivity index (χ1n) is 10.4. The average Bonchev–Trinajstić information content (AvgIpc) is 3.17. The van der Waals surface area contributed by atoms with Gasteiger partial charge in [0.1, 0.15) is 0 Å². The fourth-order valence-corrected chi connectivity index (χ4v) is 4.96. The molecule has 0 saturated carbocycles. The minimum absolute atomic E-state index is 0.108. The average molecular weight is 509 g/mol. The van der Waals surface area contributed by atoms with Crippen LogP contribution in [0.5, 0.6) is 0 Å². The Hall–Kier alpha value is -2.76. The summed E-state index contributed by atoms with van der Waals surface area (Å²) in [5.74, 6) is -1.32. The molecule has 1 N–H and O–H groups in total. The quantitative estimate of drug-likeness (QED) is 0.479. The van der Waals surface area contributed by atoms with Gasteiger partial charge in [0.05, 0.1) is 16.8 Å². The van der Waals surface area contributed by atoms with E-state index in [0.717, 1.165) is 35.7 Å². The maximum Gasteiger partial charge on any atom is 0.451 e. The SMILES string of the molecule is C[C@H]1CC[C@@H](C(=O)NCc2ccnc(-c3cnc(C(F)(F)F)nc3)c2)N1Sc1cncc(Cl)c1. The summed E-state index contributed by atoms with van der Waals surface area (Å²) in [4.78, 5) is 28.8. The molecule has 1 aliphatic rings. The second-order valence-corrected chi connectivity index (χ2v) is 9.30. The monoisotopic (exact) mass is 508 g/mol. The summed E-state index contributed by atoms with van der Waals surface area (Å²) >= 11 is 7.49. The van der Waals surface area contributed by atoms with E-state index < -0.39 is 12.0 Å². The molecule has 0 radical (unpaired) electrons. The Labute approximate surface area is 203 Å². The molecule has 1 fully saturated rings. The number of aromatic nitrogens is 4. The molecule has 7 nitrogen and oxygen atoms in total. The zero-order chi connectivity index (χ0) is 24.3. The number of halogens is 4. The van der Waals surface area contributed by atoms with Gasteiger partial charge in [0, 0.05) is 54.0 Å². The van der Waals surface area contributed by atoms with Crippen molar-refractivity contribution in [3.63, 3.8) is 0 Å². The van der Waals surface area contributed by atoms with Crippen LogP contribution in [0.15, 0.2) is 54.1 Å². The summed E-state index contributed by atoms with van der Waals surface area (Å²) in [6, 6.07) is 5.11. The molecule has 1 amide bonds. The van der Waals surface area contributed by atoms with Gasteiger partial charge in [0.2, 0.25) is 11.7 Å². The van der Waals surface area contributed by atoms with E-state index in [0.29, 0.717) is 16.3 Å². The van der Waals surface area contributed by atoms with E-state index in [1.807, 2.05) is 6.07 Å². The van der Waals surface area contributed by atoms with Crippen LogP contribution in [-0.4, -0.2) is 42.2 Å². The molecule has 0 spiro atoms. The first-order chi connectivity index (χ1) is 16.2. The van der Waals surface area contributed by atoms with E-state index in [9.17, 15) is 18.0 Å². The smallest absolute Gasteiger partial charge is 0.351 e. The minimum Gasteiger partial charge on any atom is -0.351 e. The zero-order valence-corrected chi connectivity index (χ0v) is 19.5. The highest BCUT2D eigenvalue weighted by atomic mass is 35.5. The molecule has 12 heteroatoms. The Morgan fingerprint density at radius 2 is 1.94 bits per heavy atom. The van der Waals surface area contributed by atoms with Gasteiger partial charge >= 0.3 is 6.18 Å². The first kappa shape index (κ1) is 24.4. The van der Waals surface area contributed by atoms with Gasteiger partial charge < -0.3 is 5.32 Å². The van der Waals surface area contributed by atoms with E-state index in [-0.39, 0.29) is 24.5 Å². The van der Waals surface area contributed by atoms with Gasteiger partial charge in [-0.2, -0.15) is 13.2 Å². The highest BCUT2D eigenvalue weighted by molar-refractivity contribution is 7.97.